The van der Waals surface area contributed by atoms with Crippen LogP contribution >= 0.6 is 11.6 Å². The lowest BCUT2D eigenvalue weighted by molar-refractivity contribution is -0.136. The van der Waals surface area contributed by atoms with Crippen molar-refractivity contribution >= 4 is 23.4 Å². The lowest BCUT2D eigenvalue weighted by Gasteiger charge is -2.19. The van der Waals surface area contributed by atoms with Crippen molar-refractivity contribution in [1.29, 1.82) is 0 Å². The number of likely N-dealkylation sites (N-methyl/N-ethyl adjacent to an activating group) is 2. The smallest absolute Gasteiger partial charge is 0.246 e. The molecule has 2 aromatic rings. The molecule has 0 unspecified atom stereocenters. The van der Waals surface area contributed by atoms with Crippen LogP contribution in [0.2, 0.25) is 5.02 Å². The molecule has 1 N–H and O–H groups in total. The van der Waals surface area contributed by atoms with Crippen molar-refractivity contribution in [2.75, 3.05) is 19.6 Å². The Hall–Kier alpha value is -2.48. The van der Waals surface area contributed by atoms with Crippen LogP contribution in [0.15, 0.2) is 24.3 Å². The Labute approximate surface area is 144 Å². The van der Waals surface area contributed by atoms with Crippen LogP contribution in [0.5, 0.6) is 0 Å². The molecule has 9 heteroatoms. The Balaban J connectivity index is 2.04. The third-order valence-electron chi connectivity index (χ3n) is 3.29. The molecule has 0 aliphatic rings. The highest BCUT2D eigenvalue weighted by molar-refractivity contribution is 6.33. The molecule has 0 aliphatic heterocycles. The van der Waals surface area contributed by atoms with E-state index in [2.05, 4.69) is 20.7 Å². The van der Waals surface area contributed by atoms with E-state index in [-0.39, 0.29) is 24.9 Å². The number of halogens is 1. The van der Waals surface area contributed by atoms with Crippen LogP contribution in [0.4, 0.5) is 0 Å². The molecule has 24 heavy (non-hydrogen) atoms. The average Bonchev–Trinajstić information content (AvgIpc) is 3.01. The summed E-state index contributed by atoms with van der Waals surface area (Å²) in [6.07, 6.45) is 0. The fourth-order valence-corrected chi connectivity index (χ4v) is 2.30. The van der Waals surface area contributed by atoms with E-state index < -0.39 is 0 Å². The molecular weight excluding hydrogens is 332 g/mol. The Kier molecular flexibility index (Phi) is 6.25. The second-order valence-corrected chi connectivity index (χ2v) is 5.39. The van der Waals surface area contributed by atoms with Gasteiger partial charge in [-0.1, -0.05) is 23.7 Å². The van der Waals surface area contributed by atoms with Crippen molar-refractivity contribution in [3.63, 3.8) is 0 Å². The van der Waals surface area contributed by atoms with Gasteiger partial charge in [-0.25, -0.2) is 0 Å². The second-order valence-electron chi connectivity index (χ2n) is 4.98. The zero-order valence-electron chi connectivity index (χ0n) is 13.6. The van der Waals surface area contributed by atoms with Crippen LogP contribution in [0.3, 0.4) is 0 Å². The topological polar surface area (TPSA) is 93.0 Å². The first-order valence-electron chi connectivity index (χ1n) is 7.62. The third kappa shape index (κ3) is 4.51. The number of carbonyl (C=O) groups is 2. The lowest BCUT2D eigenvalue weighted by atomic mass is 10.2. The maximum atomic E-state index is 12.3. The van der Waals surface area contributed by atoms with Crippen molar-refractivity contribution in [3.05, 3.63) is 29.3 Å². The maximum absolute atomic E-state index is 12.3. The molecule has 8 nitrogen and oxygen atoms in total. The minimum absolute atomic E-state index is 0.00917. The van der Waals surface area contributed by atoms with Crippen molar-refractivity contribution in [1.82, 2.24) is 30.4 Å². The number of nitrogens with zero attached hydrogens (tertiary/aromatic N) is 5. The quantitative estimate of drug-likeness (QED) is 0.803. The summed E-state index contributed by atoms with van der Waals surface area (Å²) in [5.74, 6) is -0.108. The van der Waals surface area contributed by atoms with Gasteiger partial charge in [0, 0.05) is 18.7 Å². The molecule has 0 aliphatic carbocycles. The van der Waals surface area contributed by atoms with E-state index in [1.54, 1.807) is 25.1 Å². The molecule has 0 atom stereocenters. The maximum Gasteiger partial charge on any atom is 0.246 e. The van der Waals surface area contributed by atoms with E-state index in [0.717, 1.165) is 0 Å². The highest BCUT2D eigenvalue weighted by atomic mass is 35.5. The molecule has 1 aromatic carbocycles. The predicted octanol–water partition coefficient (Wildman–Crippen LogP) is 0.978. The van der Waals surface area contributed by atoms with Crippen LogP contribution in [-0.4, -0.2) is 56.6 Å². The van der Waals surface area contributed by atoms with Gasteiger partial charge in [-0.3, -0.25) is 9.59 Å². The van der Waals surface area contributed by atoms with E-state index in [1.165, 1.54) is 9.70 Å². The first-order valence-corrected chi connectivity index (χ1v) is 8.00. The SMILES string of the molecule is CCNC(=O)CN(CC)C(=O)Cn1nnc(-c2ccccc2Cl)n1. The molecular formula is C15H19ClN6O2. The number of hydrogen-bond donors (Lipinski definition) is 1. The predicted molar refractivity (Wildman–Crippen MR) is 89.2 cm³/mol. The molecule has 2 rings (SSSR count). The van der Waals surface area contributed by atoms with E-state index in [1.807, 2.05) is 13.0 Å². The molecule has 1 heterocycles. The summed E-state index contributed by atoms with van der Waals surface area (Å²) in [6, 6.07) is 7.13. The van der Waals surface area contributed by atoms with Crippen molar-refractivity contribution in [2.45, 2.75) is 20.4 Å². The first kappa shape index (κ1) is 17.9. The fourth-order valence-electron chi connectivity index (χ4n) is 2.08. The molecule has 0 fully saturated rings. The van der Waals surface area contributed by atoms with Crippen molar-refractivity contribution in [3.8, 4) is 11.4 Å². The number of hydrogen-bond acceptors (Lipinski definition) is 5. The Morgan fingerprint density at radius 1 is 1.29 bits per heavy atom. The Bertz CT molecular complexity index is 717. The van der Waals surface area contributed by atoms with Crippen molar-refractivity contribution < 1.29 is 9.59 Å². The van der Waals surface area contributed by atoms with Gasteiger partial charge in [-0.05, 0) is 31.2 Å². The van der Waals surface area contributed by atoms with Crippen molar-refractivity contribution in [2.24, 2.45) is 0 Å². The van der Waals surface area contributed by atoms with E-state index >= 15 is 0 Å². The van der Waals surface area contributed by atoms with E-state index in [4.69, 9.17) is 11.6 Å². The van der Waals surface area contributed by atoms with E-state index in [9.17, 15) is 9.59 Å². The molecule has 1 aromatic heterocycles. The molecule has 2 amide bonds. The largest absolute Gasteiger partial charge is 0.355 e. The lowest BCUT2D eigenvalue weighted by Crippen LogP contribution is -2.42. The summed E-state index contributed by atoms with van der Waals surface area (Å²) >= 11 is 6.10. The third-order valence-corrected chi connectivity index (χ3v) is 3.62. The van der Waals surface area contributed by atoms with Gasteiger partial charge in [0.2, 0.25) is 17.6 Å². The molecule has 0 saturated heterocycles. The van der Waals surface area contributed by atoms with E-state index in [0.29, 0.717) is 29.5 Å². The Morgan fingerprint density at radius 3 is 2.71 bits per heavy atom. The number of amides is 2. The van der Waals surface area contributed by atoms with Gasteiger partial charge in [-0.2, -0.15) is 4.80 Å². The first-order chi connectivity index (χ1) is 11.5. The van der Waals surface area contributed by atoms with Gasteiger partial charge in [-0.15, -0.1) is 10.2 Å². The molecule has 0 bridgehead atoms. The summed E-state index contributed by atoms with van der Waals surface area (Å²) < 4.78 is 0. The fraction of sp³-hybridized carbons (Fsp3) is 0.400. The summed E-state index contributed by atoms with van der Waals surface area (Å²) in [7, 11) is 0. The summed E-state index contributed by atoms with van der Waals surface area (Å²) in [5, 5.41) is 15.1. The van der Waals surface area contributed by atoms with Gasteiger partial charge in [0.1, 0.15) is 6.54 Å². The Morgan fingerprint density at radius 2 is 2.04 bits per heavy atom. The summed E-state index contributed by atoms with van der Waals surface area (Å²) in [5.41, 5.74) is 0.646. The average molecular weight is 351 g/mol. The van der Waals surface area contributed by atoms with Gasteiger partial charge in [0.05, 0.1) is 11.6 Å². The number of tetrazole rings is 1. The number of carbonyl (C=O) groups excluding carboxylic acids is 2. The molecule has 128 valence electrons. The molecule has 0 spiro atoms. The standard InChI is InChI=1S/C15H19ClN6O2/c1-3-17-13(23)9-21(4-2)14(24)10-22-19-15(18-20-22)11-7-5-6-8-12(11)16/h5-8H,3-4,9-10H2,1-2H3,(H,17,23). The van der Waals surface area contributed by atoms with Gasteiger partial charge >= 0.3 is 0 Å². The minimum Gasteiger partial charge on any atom is -0.355 e. The van der Waals surface area contributed by atoms with Crippen LogP contribution < -0.4 is 5.32 Å². The number of aromatic nitrogens is 4. The van der Waals surface area contributed by atoms with Gasteiger partial charge < -0.3 is 10.2 Å². The zero-order valence-corrected chi connectivity index (χ0v) is 14.3. The van der Waals surface area contributed by atoms with Gasteiger partial charge in [0.15, 0.2) is 0 Å². The molecule has 0 saturated carbocycles. The van der Waals surface area contributed by atoms with Crippen LogP contribution in [0, 0.1) is 0 Å². The summed E-state index contributed by atoms with van der Waals surface area (Å²) in [4.78, 5) is 26.5. The van der Waals surface area contributed by atoms with Crippen LogP contribution in [-0.2, 0) is 16.1 Å². The van der Waals surface area contributed by atoms with Crippen LogP contribution in [0.25, 0.3) is 11.4 Å². The number of benzene rings is 1. The highest BCUT2D eigenvalue weighted by Gasteiger charge is 2.17. The van der Waals surface area contributed by atoms with Crippen LogP contribution in [0.1, 0.15) is 13.8 Å². The number of rotatable bonds is 7. The highest BCUT2D eigenvalue weighted by Crippen LogP contribution is 2.23. The van der Waals surface area contributed by atoms with Gasteiger partial charge in [0.25, 0.3) is 0 Å². The zero-order chi connectivity index (χ0) is 17.5. The monoisotopic (exact) mass is 350 g/mol. The minimum atomic E-state index is -0.258. The normalized spacial score (nSPS) is 10.5. The summed E-state index contributed by atoms with van der Waals surface area (Å²) in [6.45, 7) is 4.49. The second kappa shape index (κ2) is 8.39. The number of nitrogens with one attached hydrogen (secondary N) is 1. The molecule has 0 radical (unpaired) electrons.